The molecule has 0 N–H and O–H groups in total. The fraction of sp³-hybridized carbons (Fsp3) is 0.167. The predicted octanol–water partition coefficient (Wildman–Crippen LogP) is 2.98. The highest BCUT2D eigenvalue weighted by molar-refractivity contribution is 7.20. The van der Waals surface area contributed by atoms with Crippen LogP contribution in [0.15, 0.2) is 53.3 Å². The number of para-hydroxylation sites is 1. The molecular formula is C18H13N5O2S. The highest BCUT2D eigenvalue weighted by Gasteiger charge is 2.37. The monoisotopic (exact) mass is 363 g/mol. The van der Waals surface area contributed by atoms with Crippen LogP contribution in [0.4, 0.5) is 0 Å². The van der Waals surface area contributed by atoms with E-state index in [4.69, 9.17) is 4.52 Å². The fourth-order valence-corrected chi connectivity index (χ4v) is 3.85. The van der Waals surface area contributed by atoms with Gasteiger partial charge < -0.3 is 9.42 Å². The van der Waals surface area contributed by atoms with Gasteiger partial charge in [-0.25, -0.2) is 4.98 Å². The smallest absolute Gasteiger partial charge is 0.282 e. The number of benzene rings is 1. The summed E-state index contributed by atoms with van der Waals surface area (Å²) in [6.45, 7) is 1.12. The first-order valence-corrected chi connectivity index (χ1v) is 8.98. The molecule has 5 rings (SSSR count). The lowest BCUT2D eigenvalue weighted by Gasteiger charge is -2.36. The second-order valence-corrected chi connectivity index (χ2v) is 7.12. The van der Waals surface area contributed by atoms with Crippen LogP contribution in [0.2, 0.25) is 0 Å². The minimum atomic E-state index is -0.0468. The molecule has 7 nitrogen and oxygen atoms in total. The van der Waals surface area contributed by atoms with Crippen LogP contribution >= 0.6 is 11.3 Å². The van der Waals surface area contributed by atoms with E-state index in [1.807, 2.05) is 36.4 Å². The Morgan fingerprint density at radius 3 is 2.85 bits per heavy atom. The van der Waals surface area contributed by atoms with Crippen molar-refractivity contribution in [2.45, 2.75) is 5.92 Å². The van der Waals surface area contributed by atoms with Crippen LogP contribution in [-0.4, -0.2) is 44.0 Å². The number of hydrogen-bond donors (Lipinski definition) is 0. The summed E-state index contributed by atoms with van der Waals surface area (Å²) in [6.07, 6.45) is 3.39. The third-order valence-electron chi connectivity index (χ3n) is 4.36. The van der Waals surface area contributed by atoms with Crippen molar-refractivity contribution < 1.29 is 9.32 Å². The van der Waals surface area contributed by atoms with Crippen LogP contribution in [0.1, 0.15) is 21.6 Å². The van der Waals surface area contributed by atoms with Crippen LogP contribution in [0.3, 0.4) is 0 Å². The standard InChI is InChI=1S/C18H13N5O2S/c24-18(17-20-13-5-1-2-6-14(13)26-17)23-9-12(10-23)16-21-15(22-25-16)11-4-3-7-19-8-11/h1-8,12H,9-10H2. The molecule has 1 saturated heterocycles. The summed E-state index contributed by atoms with van der Waals surface area (Å²) < 4.78 is 6.38. The molecule has 0 saturated carbocycles. The molecule has 0 unspecified atom stereocenters. The van der Waals surface area contributed by atoms with Crippen molar-refractivity contribution in [1.29, 1.82) is 0 Å². The number of nitrogens with zero attached hydrogens (tertiary/aromatic N) is 5. The number of pyridine rings is 1. The summed E-state index contributed by atoms with van der Waals surface area (Å²) in [4.78, 5) is 27.3. The van der Waals surface area contributed by atoms with Crippen molar-refractivity contribution in [1.82, 2.24) is 25.0 Å². The van der Waals surface area contributed by atoms with E-state index < -0.39 is 0 Å². The Bertz CT molecular complexity index is 1050. The number of fused-ring (bicyclic) bond motifs is 1. The van der Waals surface area contributed by atoms with Crippen molar-refractivity contribution in [2.24, 2.45) is 0 Å². The van der Waals surface area contributed by atoms with Gasteiger partial charge in [0.2, 0.25) is 11.7 Å². The summed E-state index contributed by atoms with van der Waals surface area (Å²) in [6, 6.07) is 11.5. The van der Waals surface area contributed by atoms with E-state index in [1.54, 1.807) is 17.3 Å². The van der Waals surface area contributed by atoms with Crippen LogP contribution in [-0.2, 0) is 0 Å². The molecule has 1 aliphatic heterocycles. The van der Waals surface area contributed by atoms with Crippen molar-refractivity contribution in [3.8, 4) is 11.4 Å². The largest absolute Gasteiger partial charge is 0.339 e. The Morgan fingerprint density at radius 1 is 1.15 bits per heavy atom. The van der Waals surface area contributed by atoms with Crippen LogP contribution in [0, 0.1) is 0 Å². The molecular weight excluding hydrogens is 350 g/mol. The first kappa shape index (κ1) is 15.2. The molecule has 4 aromatic rings. The molecule has 1 fully saturated rings. The minimum Gasteiger partial charge on any atom is -0.339 e. The van der Waals surface area contributed by atoms with E-state index in [9.17, 15) is 4.79 Å². The molecule has 26 heavy (non-hydrogen) atoms. The topological polar surface area (TPSA) is 85.0 Å². The molecule has 0 bridgehead atoms. The van der Waals surface area contributed by atoms with Gasteiger partial charge in [0.25, 0.3) is 5.91 Å². The van der Waals surface area contributed by atoms with Gasteiger partial charge in [0.05, 0.1) is 16.1 Å². The number of likely N-dealkylation sites (tertiary alicyclic amines) is 1. The second-order valence-electron chi connectivity index (χ2n) is 6.09. The number of carbonyl (C=O) groups excluding carboxylic acids is 1. The number of hydrogen-bond acceptors (Lipinski definition) is 7. The predicted molar refractivity (Wildman–Crippen MR) is 95.8 cm³/mol. The molecule has 0 spiro atoms. The van der Waals surface area contributed by atoms with Crippen molar-refractivity contribution in [3.63, 3.8) is 0 Å². The van der Waals surface area contributed by atoms with Gasteiger partial charge in [0.15, 0.2) is 5.01 Å². The summed E-state index contributed by atoms with van der Waals surface area (Å²) >= 11 is 1.42. The lowest BCUT2D eigenvalue weighted by Crippen LogP contribution is -2.48. The van der Waals surface area contributed by atoms with Gasteiger partial charge >= 0.3 is 0 Å². The number of carbonyl (C=O) groups is 1. The molecule has 4 heterocycles. The fourth-order valence-electron chi connectivity index (χ4n) is 2.91. The first-order valence-electron chi connectivity index (χ1n) is 8.17. The van der Waals surface area contributed by atoms with Gasteiger partial charge in [-0.1, -0.05) is 17.3 Å². The maximum atomic E-state index is 12.6. The lowest BCUT2D eigenvalue weighted by molar-refractivity contribution is 0.0569. The van der Waals surface area contributed by atoms with Gasteiger partial charge in [-0.05, 0) is 24.3 Å². The maximum Gasteiger partial charge on any atom is 0.282 e. The molecule has 0 atom stereocenters. The van der Waals surface area contributed by atoms with Crippen LogP contribution < -0.4 is 0 Å². The quantitative estimate of drug-likeness (QED) is 0.556. The Hall–Kier alpha value is -3.13. The zero-order chi connectivity index (χ0) is 17.5. The number of amides is 1. The summed E-state index contributed by atoms with van der Waals surface area (Å²) in [5.41, 5.74) is 1.67. The van der Waals surface area contributed by atoms with E-state index in [2.05, 4.69) is 20.1 Å². The van der Waals surface area contributed by atoms with Gasteiger partial charge in [-0.15, -0.1) is 11.3 Å². The highest BCUT2D eigenvalue weighted by Crippen LogP contribution is 2.30. The zero-order valence-electron chi connectivity index (χ0n) is 13.6. The number of aromatic nitrogens is 4. The van der Waals surface area contributed by atoms with E-state index in [0.717, 1.165) is 15.8 Å². The van der Waals surface area contributed by atoms with Crippen molar-refractivity contribution >= 4 is 27.5 Å². The van der Waals surface area contributed by atoms with Crippen LogP contribution in [0.5, 0.6) is 0 Å². The Labute approximate surface area is 152 Å². The summed E-state index contributed by atoms with van der Waals surface area (Å²) in [7, 11) is 0. The minimum absolute atomic E-state index is 0.0468. The Balaban J connectivity index is 1.28. The highest BCUT2D eigenvalue weighted by atomic mass is 32.1. The average molecular weight is 363 g/mol. The molecule has 8 heteroatoms. The zero-order valence-corrected chi connectivity index (χ0v) is 14.4. The SMILES string of the molecule is O=C(c1nc2ccccc2s1)N1CC(c2nc(-c3cccnc3)no2)C1. The van der Waals surface area contributed by atoms with Gasteiger partial charge in [0.1, 0.15) is 0 Å². The van der Waals surface area contributed by atoms with Crippen molar-refractivity contribution in [2.75, 3.05) is 13.1 Å². The number of rotatable bonds is 3. The molecule has 3 aromatic heterocycles. The van der Waals surface area contributed by atoms with Crippen molar-refractivity contribution in [3.05, 3.63) is 59.7 Å². The molecule has 1 aliphatic rings. The normalized spacial score (nSPS) is 14.5. The maximum absolute atomic E-state index is 12.6. The number of thiazole rings is 1. The molecule has 1 aromatic carbocycles. The summed E-state index contributed by atoms with van der Waals surface area (Å²) in [5.74, 6) is 1.09. The first-order chi connectivity index (χ1) is 12.8. The third-order valence-corrected chi connectivity index (χ3v) is 5.38. The van der Waals surface area contributed by atoms with Gasteiger partial charge in [0, 0.05) is 31.0 Å². The Kier molecular flexibility index (Phi) is 3.49. The molecule has 1 amide bonds. The van der Waals surface area contributed by atoms with E-state index in [0.29, 0.717) is 29.8 Å². The molecule has 0 aliphatic carbocycles. The summed E-state index contributed by atoms with van der Waals surface area (Å²) in [5, 5.41) is 4.53. The van der Waals surface area contributed by atoms with E-state index in [1.165, 1.54) is 11.3 Å². The van der Waals surface area contributed by atoms with Gasteiger partial charge in [-0.3, -0.25) is 9.78 Å². The van der Waals surface area contributed by atoms with Crippen LogP contribution in [0.25, 0.3) is 21.6 Å². The third kappa shape index (κ3) is 2.55. The average Bonchev–Trinajstić information content (AvgIpc) is 3.28. The molecule has 0 radical (unpaired) electrons. The molecule has 128 valence electrons. The van der Waals surface area contributed by atoms with Gasteiger partial charge in [-0.2, -0.15) is 4.98 Å². The Morgan fingerprint density at radius 2 is 2.04 bits per heavy atom. The van der Waals surface area contributed by atoms with E-state index in [-0.39, 0.29) is 11.8 Å². The van der Waals surface area contributed by atoms with E-state index >= 15 is 0 Å². The lowest BCUT2D eigenvalue weighted by atomic mass is 10.0. The second kappa shape index (κ2) is 5.99.